The van der Waals surface area contributed by atoms with Gasteiger partial charge in [-0.2, -0.15) is 0 Å². The number of carbonyl (C=O) groups is 1. The van der Waals surface area contributed by atoms with Crippen molar-refractivity contribution in [3.8, 4) is 5.75 Å². The monoisotopic (exact) mass is 551 g/mol. The third kappa shape index (κ3) is 4.96. The van der Waals surface area contributed by atoms with Gasteiger partial charge in [-0.15, -0.1) is 6.58 Å². The van der Waals surface area contributed by atoms with Crippen molar-refractivity contribution in [2.24, 2.45) is 11.8 Å². The van der Waals surface area contributed by atoms with Gasteiger partial charge in [-0.3, -0.25) is 0 Å². The van der Waals surface area contributed by atoms with Crippen LogP contribution in [0.4, 0.5) is 5.69 Å². The smallest absolute Gasteiger partial charge is 0.337 e. The third-order valence-electron chi connectivity index (χ3n) is 9.67. The van der Waals surface area contributed by atoms with Crippen LogP contribution >= 0.6 is 11.6 Å². The van der Waals surface area contributed by atoms with E-state index in [0.717, 1.165) is 61.7 Å². The number of hydrogen-bond donors (Lipinski definition) is 1. The van der Waals surface area contributed by atoms with E-state index in [2.05, 4.69) is 23.6 Å². The molecular formula is C32H38ClNO5. The number of fused-ring (bicyclic) bond motifs is 3. The van der Waals surface area contributed by atoms with E-state index >= 15 is 0 Å². The minimum absolute atomic E-state index is 0.0242. The normalized spacial score (nSPS) is 31.8. The van der Waals surface area contributed by atoms with Gasteiger partial charge >= 0.3 is 5.97 Å². The summed E-state index contributed by atoms with van der Waals surface area (Å²) in [4.78, 5) is 14.9. The lowest BCUT2D eigenvalue weighted by molar-refractivity contribution is -0.125. The van der Waals surface area contributed by atoms with Crippen molar-refractivity contribution < 1.29 is 24.1 Å². The summed E-state index contributed by atoms with van der Waals surface area (Å²) >= 11 is 6.39. The summed E-state index contributed by atoms with van der Waals surface area (Å²) in [7, 11) is 1.41. The highest BCUT2D eigenvalue weighted by Crippen LogP contribution is 2.48. The summed E-state index contributed by atoms with van der Waals surface area (Å²) in [6, 6.07) is 11.9. The van der Waals surface area contributed by atoms with Crippen LogP contribution < -0.4 is 9.64 Å². The van der Waals surface area contributed by atoms with Gasteiger partial charge in [0.05, 0.1) is 43.3 Å². The highest BCUT2D eigenvalue weighted by molar-refractivity contribution is 6.30. The topological polar surface area (TPSA) is 68.2 Å². The van der Waals surface area contributed by atoms with Crippen LogP contribution in [0, 0.1) is 11.8 Å². The SMILES string of the molecule is C=C[C@@]1(O)CCO[C@@H]([C@@H]2CC[C@H]2CN2C[C@@]3(CCCc4cc(Cl)ccc43)COc3ccc(C(=O)OC)cc32)C1. The van der Waals surface area contributed by atoms with Crippen molar-refractivity contribution in [2.45, 2.75) is 62.1 Å². The molecule has 0 radical (unpaired) electrons. The Hall–Kier alpha value is -2.54. The number of carbonyl (C=O) groups excluding carboxylic acids is 1. The second-order valence-electron chi connectivity index (χ2n) is 12.0. The fraction of sp³-hybridized carbons (Fsp3) is 0.531. The molecule has 7 heteroatoms. The van der Waals surface area contributed by atoms with Gasteiger partial charge in [0.1, 0.15) is 5.75 Å². The zero-order valence-corrected chi connectivity index (χ0v) is 23.4. The Morgan fingerprint density at radius 3 is 2.90 bits per heavy atom. The highest BCUT2D eigenvalue weighted by atomic mass is 35.5. The van der Waals surface area contributed by atoms with Crippen LogP contribution in [0.5, 0.6) is 5.75 Å². The van der Waals surface area contributed by atoms with E-state index in [1.165, 1.54) is 18.2 Å². The Morgan fingerprint density at radius 2 is 2.13 bits per heavy atom. The number of hydrogen-bond acceptors (Lipinski definition) is 6. The van der Waals surface area contributed by atoms with Crippen LogP contribution in [0.1, 0.15) is 60.0 Å². The van der Waals surface area contributed by atoms with E-state index in [4.69, 9.17) is 25.8 Å². The van der Waals surface area contributed by atoms with E-state index in [1.54, 1.807) is 12.1 Å². The molecule has 5 atom stereocenters. The van der Waals surface area contributed by atoms with Crippen molar-refractivity contribution in [2.75, 3.05) is 38.3 Å². The average Bonchev–Trinajstić information content (AvgIpc) is 3.07. The molecule has 2 aromatic carbocycles. The summed E-state index contributed by atoms with van der Waals surface area (Å²) < 4.78 is 17.8. The van der Waals surface area contributed by atoms with Crippen molar-refractivity contribution >= 4 is 23.3 Å². The van der Waals surface area contributed by atoms with Crippen LogP contribution in [0.2, 0.25) is 5.02 Å². The lowest BCUT2D eigenvalue weighted by Gasteiger charge is -2.48. The maximum atomic E-state index is 12.5. The predicted molar refractivity (Wildman–Crippen MR) is 152 cm³/mol. The molecule has 39 heavy (non-hydrogen) atoms. The van der Waals surface area contributed by atoms with Crippen LogP contribution in [0.25, 0.3) is 0 Å². The maximum absolute atomic E-state index is 12.5. The maximum Gasteiger partial charge on any atom is 0.337 e. The summed E-state index contributed by atoms with van der Waals surface area (Å²) in [5.74, 6) is 1.24. The number of nitrogens with zero attached hydrogens (tertiary/aromatic N) is 1. The third-order valence-corrected chi connectivity index (χ3v) is 9.90. The lowest BCUT2D eigenvalue weighted by atomic mass is 9.67. The largest absolute Gasteiger partial charge is 0.490 e. The van der Waals surface area contributed by atoms with Crippen LogP contribution in [-0.2, 0) is 21.3 Å². The molecule has 208 valence electrons. The summed E-state index contributed by atoms with van der Waals surface area (Å²) in [5, 5.41) is 11.7. The molecule has 6 rings (SSSR count). The van der Waals surface area contributed by atoms with Gasteiger partial charge in [-0.1, -0.05) is 23.7 Å². The first kappa shape index (κ1) is 26.7. The first-order valence-corrected chi connectivity index (χ1v) is 14.6. The fourth-order valence-electron chi connectivity index (χ4n) is 7.31. The molecule has 6 nitrogen and oxygen atoms in total. The summed E-state index contributed by atoms with van der Waals surface area (Å²) in [5.41, 5.74) is 3.06. The quantitative estimate of drug-likeness (QED) is 0.378. The minimum atomic E-state index is -0.849. The number of benzene rings is 2. The van der Waals surface area contributed by atoms with Crippen LogP contribution in [-0.4, -0.2) is 56.2 Å². The Balaban J connectivity index is 1.34. The zero-order chi connectivity index (χ0) is 27.2. The number of methoxy groups -OCH3 is 1. The van der Waals surface area contributed by atoms with Gasteiger partial charge in [0.15, 0.2) is 0 Å². The molecule has 2 aromatic rings. The van der Waals surface area contributed by atoms with E-state index in [0.29, 0.717) is 43.5 Å². The van der Waals surface area contributed by atoms with Crippen molar-refractivity contribution in [3.63, 3.8) is 0 Å². The molecule has 0 bridgehead atoms. The molecule has 4 aliphatic rings. The molecule has 2 fully saturated rings. The Kier molecular flexibility index (Phi) is 7.15. The Labute approximate surface area is 235 Å². The molecular weight excluding hydrogens is 514 g/mol. The second kappa shape index (κ2) is 10.5. The summed E-state index contributed by atoms with van der Waals surface area (Å²) in [6.45, 7) is 6.64. The molecule has 0 unspecified atom stereocenters. The Morgan fingerprint density at radius 1 is 1.26 bits per heavy atom. The first-order valence-electron chi connectivity index (χ1n) is 14.2. The number of aryl methyl sites for hydroxylation is 1. The minimum Gasteiger partial charge on any atom is -0.490 e. The lowest BCUT2D eigenvalue weighted by Crippen LogP contribution is -2.52. The van der Waals surface area contributed by atoms with Gasteiger partial charge in [-0.05, 0) is 85.4 Å². The Bertz CT molecular complexity index is 1270. The standard InChI is InChI=1S/C32H38ClNO5/c1-3-32(36)13-14-38-29(17-32)25-9-6-23(25)18-34-19-31(12-4-5-21-15-24(33)8-10-26(21)31)20-39-28-11-7-22(16-27(28)34)30(35)37-2/h3,7-8,10-11,15-16,23,25,29,36H,1,4-6,9,12-14,17-20H2,2H3/t23-,25+,29+,31-,32+/m0/s1. The number of anilines is 1. The molecule has 2 heterocycles. The van der Waals surface area contributed by atoms with Gasteiger partial charge < -0.3 is 24.2 Å². The van der Waals surface area contributed by atoms with E-state index in [9.17, 15) is 9.90 Å². The zero-order valence-electron chi connectivity index (χ0n) is 22.7. The van der Waals surface area contributed by atoms with Gasteiger partial charge in [0.2, 0.25) is 0 Å². The molecule has 1 saturated carbocycles. The van der Waals surface area contributed by atoms with E-state index in [1.807, 2.05) is 18.2 Å². The van der Waals surface area contributed by atoms with E-state index in [-0.39, 0.29) is 17.5 Å². The number of rotatable bonds is 5. The van der Waals surface area contributed by atoms with Crippen molar-refractivity contribution in [1.29, 1.82) is 0 Å². The fourth-order valence-corrected chi connectivity index (χ4v) is 7.50. The number of esters is 1. The summed E-state index contributed by atoms with van der Waals surface area (Å²) in [6.07, 6.45) is 8.24. The van der Waals surface area contributed by atoms with Crippen molar-refractivity contribution in [3.05, 3.63) is 70.8 Å². The molecule has 2 aliphatic carbocycles. The average molecular weight is 552 g/mol. The predicted octanol–water partition coefficient (Wildman–Crippen LogP) is 5.72. The number of ether oxygens (including phenoxy) is 3. The first-order chi connectivity index (χ1) is 18.8. The molecule has 0 aromatic heterocycles. The van der Waals surface area contributed by atoms with E-state index < -0.39 is 5.60 Å². The second-order valence-corrected chi connectivity index (χ2v) is 12.4. The van der Waals surface area contributed by atoms with Crippen molar-refractivity contribution in [1.82, 2.24) is 0 Å². The molecule has 1 N–H and O–H groups in total. The number of aliphatic hydroxyl groups is 1. The number of halogens is 1. The highest BCUT2D eigenvalue weighted by Gasteiger charge is 2.46. The molecule has 1 spiro atoms. The van der Waals surface area contributed by atoms with Crippen LogP contribution in [0.15, 0.2) is 49.1 Å². The van der Waals surface area contributed by atoms with Gasteiger partial charge in [0.25, 0.3) is 0 Å². The molecule has 2 aliphatic heterocycles. The van der Waals surface area contributed by atoms with Gasteiger partial charge in [0, 0.05) is 36.4 Å². The van der Waals surface area contributed by atoms with Gasteiger partial charge in [-0.25, -0.2) is 4.79 Å². The molecule has 0 amide bonds. The molecule has 1 saturated heterocycles. The van der Waals surface area contributed by atoms with Crippen LogP contribution in [0.3, 0.4) is 0 Å².